The first kappa shape index (κ1) is 18.0. The van der Waals surface area contributed by atoms with E-state index < -0.39 is 0 Å². The summed E-state index contributed by atoms with van der Waals surface area (Å²) >= 11 is 1.64. The van der Waals surface area contributed by atoms with Crippen molar-refractivity contribution >= 4 is 22.5 Å². The van der Waals surface area contributed by atoms with E-state index >= 15 is 0 Å². The van der Waals surface area contributed by atoms with Gasteiger partial charge < -0.3 is 4.74 Å². The molecule has 0 heterocycles. The van der Waals surface area contributed by atoms with Crippen LogP contribution in [0.15, 0.2) is 107 Å². The van der Waals surface area contributed by atoms with Crippen LogP contribution in [-0.2, 0) is 0 Å². The maximum atomic E-state index is 5.80. The third kappa shape index (κ3) is 5.11. The van der Waals surface area contributed by atoms with E-state index in [1.807, 2.05) is 73.7 Å². The second kappa shape index (κ2) is 9.07. The van der Waals surface area contributed by atoms with Gasteiger partial charge in [0.05, 0.1) is 11.9 Å². The van der Waals surface area contributed by atoms with Gasteiger partial charge in [0.2, 0.25) is 0 Å². The zero-order valence-corrected chi connectivity index (χ0v) is 15.7. The van der Waals surface area contributed by atoms with E-state index in [1.54, 1.807) is 18.0 Å². The molecular formula is C23H21NOS. The molecule has 2 nitrogen and oxygen atoms in total. The van der Waals surface area contributed by atoms with Gasteiger partial charge >= 0.3 is 0 Å². The lowest BCUT2D eigenvalue weighted by molar-refractivity contribution is 0.478. The molecule has 3 aromatic carbocycles. The zero-order valence-electron chi connectivity index (χ0n) is 14.9. The summed E-state index contributed by atoms with van der Waals surface area (Å²) in [5.41, 5.74) is 3.10. The molecule has 0 aliphatic carbocycles. The Hall–Kier alpha value is -2.78. The lowest BCUT2D eigenvalue weighted by atomic mass is 10.2. The van der Waals surface area contributed by atoms with Crippen LogP contribution in [0.4, 0.5) is 5.69 Å². The number of nitrogens with zero attached hydrogens (tertiary/aromatic N) is 1. The SMILES string of the molecule is C/C(=C\Oc1ccccc1)C(=Nc1ccccc1C)Sc1ccccc1. The van der Waals surface area contributed by atoms with Crippen molar-refractivity contribution in [3.05, 3.63) is 102 Å². The van der Waals surface area contributed by atoms with E-state index in [-0.39, 0.29) is 0 Å². The summed E-state index contributed by atoms with van der Waals surface area (Å²) in [5, 5.41) is 0.918. The van der Waals surface area contributed by atoms with Gasteiger partial charge in [0, 0.05) is 10.5 Å². The minimum Gasteiger partial charge on any atom is -0.465 e. The van der Waals surface area contributed by atoms with Crippen LogP contribution in [0.3, 0.4) is 0 Å². The number of rotatable bonds is 5. The molecule has 3 heteroatoms. The number of para-hydroxylation sites is 2. The monoisotopic (exact) mass is 359 g/mol. The van der Waals surface area contributed by atoms with Crippen LogP contribution < -0.4 is 4.74 Å². The third-order valence-electron chi connectivity index (χ3n) is 3.75. The second-order valence-corrected chi connectivity index (χ2v) is 6.91. The van der Waals surface area contributed by atoms with Crippen molar-refractivity contribution in [1.82, 2.24) is 0 Å². The first-order chi connectivity index (χ1) is 12.7. The smallest absolute Gasteiger partial charge is 0.126 e. The third-order valence-corrected chi connectivity index (χ3v) is 4.86. The molecule has 0 saturated heterocycles. The Morgan fingerprint density at radius 2 is 1.46 bits per heavy atom. The minimum absolute atomic E-state index is 0.812. The Balaban J connectivity index is 1.90. The van der Waals surface area contributed by atoms with Gasteiger partial charge in [0.25, 0.3) is 0 Å². The molecule has 0 aromatic heterocycles. The summed E-state index contributed by atoms with van der Waals surface area (Å²) in [6.07, 6.45) is 1.77. The van der Waals surface area contributed by atoms with Crippen molar-refractivity contribution < 1.29 is 4.74 Å². The molecule has 0 unspecified atom stereocenters. The maximum absolute atomic E-state index is 5.80. The summed E-state index contributed by atoms with van der Waals surface area (Å²) < 4.78 is 5.80. The standard InChI is InChI=1S/C23H21NOS/c1-18-11-9-10-16-22(18)24-23(26-21-14-7-4-8-15-21)19(2)17-25-20-12-5-3-6-13-20/h3-17H,1-2H3/b19-17+,24-23?. The highest BCUT2D eigenvalue weighted by atomic mass is 32.2. The largest absolute Gasteiger partial charge is 0.465 e. The van der Waals surface area contributed by atoms with Gasteiger partial charge in [-0.2, -0.15) is 0 Å². The van der Waals surface area contributed by atoms with Gasteiger partial charge in [-0.15, -0.1) is 0 Å². The predicted octanol–water partition coefficient (Wildman–Crippen LogP) is 6.80. The summed E-state index contributed by atoms with van der Waals surface area (Å²) in [4.78, 5) is 6.04. The fourth-order valence-corrected chi connectivity index (χ4v) is 3.17. The van der Waals surface area contributed by atoms with E-state index in [1.165, 1.54) is 0 Å². The molecule has 0 fully saturated rings. The molecule has 3 rings (SSSR count). The van der Waals surface area contributed by atoms with Crippen molar-refractivity contribution in [2.45, 2.75) is 18.7 Å². The van der Waals surface area contributed by atoms with E-state index in [0.29, 0.717) is 0 Å². The Morgan fingerprint density at radius 1 is 0.846 bits per heavy atom. The molecule has 0 aliphatic rings. The maximum Gasteiger partial charge on any atom is 0.126 e. The predicted molar refractivity (Wildman–Crippen MR) is 111 cm³/mol. The van der Waals surface area contributed by atoms with E-state index in [9.17, 15) is 0 Å². The zero-order chi connectivity index (χ0) is 18.2. The lowest BCUT2D eigenvalue weighted by Crippen LogP contribution is -1.97. The van der Waals surface area contributed by atoms with Gasteiger partial charge in [0.15, 0.2) is 0 Å². The van der Waals surface area contributed by atoms with Crippen LogP contribution in [0, 0.1) is 6.92 Å². The Bertz CT molecular complexity index is 902. The quantitative estimate of drug-likeness (QED) is 0.216. The molecule has 0 N–H and O–H groups in total. The molecule has 0 aliphatic heterocycles. The molecule has 0 spiro atoms. The molecule has 3 aromatic rings. The van der Waals surface area contributed by atoms with Crippen LogP contribution >= 0.6 is 11.8 Å². The van der Waals surface area contributed by atoms with E-state index in [0.717, 1.165) is 32.5 Å². The van der Waals surface area contributed by atoms with Gasteiger partial charge in [-0.3, -0.25) is 0 Å². The average molecular weight is 359 g/mol. The first-order valence-electron chi connectivity index (χ1n) is 8.48. The van der Waals surface area contributed by atoms with Crippen LogP contribution in [0.25, 0.3) is 0 Å². The lowest BCUT2D eigenvalue weighted by Gasteiger charge is -2.09. The molecule has 0 bridgehead atoms. The molecule has 0 radical (unpaired) electrons. The number of aliphatic imine (C=N–C) groups is 1. The molecule has 26 heavy (non-hydrogen) atoms. The van der Waals surface area contributed by atoms with E-state index in [2.05, 4.69) is 25.1 Å². The minimum atomic E-state index is 0.812. The number of hydrogen-bond acceptors (Lipinski definition) is 3. The van der Waals surface area contributed by atoms with E-state index in [4.69, 9.17) is 9.73 Å². The van der Waals surface area contributed by atoms with Crippen molar-refractivity contribution in [2.24, 2.45) is 4.99 Å². The first-order valence-corrected chi connectivity index (χ1v) is 9.30. The Labute approximate surface area is 159 Å². The average Bonchev–Trinajstić information content (AvgIpc) is 2.69. The number of benzene rings is 3. The molecule has 0 saturated carbocycles. The van der Waals surface area contributed by atoms with Crippen LogP contribution in [-0.4, -0.2) is 5.04 Å². The summed E-state index contributed by atoms with van der Waals surface area (Å²) in [5.74, 6) is 0.812. The molecule has 0 atom stereocenters. The fraction of sp³-hybridized carbons (Fsp3) is 0.0870. The van der Waals surface area contributed by atoms with Gasteiger partial charge in [-0.1, -0.05) is 66.4 Å². The Kier molecular flexibility index (Phi) is 6.29. The van der Waals surface area contributed by atoms with Crippen LogP contribution in [0.1, 0.15) is 12.5 Å². The molecular weight excluding hydrogens is 338 g/mol. The summed E-state index contributed by atoms with van der Waals surface area (Å²) in [7, 11) is 0. The summed E-state index contributed by atoms with van der Waals surface area (Å²) in [6.45, 7) is 4.10. The number of aryl methyl sites for hydroxylation is 1. The van der Waals surface area contributed by atoms with Gasteiger partial charge in [-0.25, -0.2) is 4.99 Å². The highest BCUT2D eigenvalue weighted by molar-refractivity contribution is 8.14. The fourth-order valence-electron chi connectivity index (χ4n) is 2.30. The van der Waals surface area contributed by atoms with Crippen molar-refractivity contribution in [2.75, 3.05) is 0 Å². The number of hydrogen-bond donors (Lipinski definition) is 0. The molecule has 0 amide bonds. The normalized spacial score (nSPS) is 12.1. The van der Waals surface area contributed by atoms with Crippen molar-refractivity contribution in [1.29, 1.82) is 0 Å². The summed E-state index contributed by atoms with van der Waals surface area (Å²) in [6, 6.07) is 28.2. The number of ether oxygens (including phenoxy) is 1. The van der Waals surface area contributed by atoms with Gasteiger partial charge in [-0.05, 0) is 49.7 Å². The van der Waals surface area contributed by atoms with Crippen molar-refractivity contribution in [3.63, 3.8) is 0 Å². The Morgan fingerprint density at radius 3 is 2.15 bits per heavy atom. The van der Waals surface area contributed by atoms with Crippen LogP contribution in [0.2, 0.25) is 0 Å². The highest BCUT2D eigenvalue weighted by Gasteiger charge is 2.08. The highest BCUT2D eigenvalue weighted by Crippen LogP contribution is 2.28. The molecule has 130 valence electrons. The number of thioether (sulfide) groups is 1. The topological polar surface area (TPSA) is 21.6 Å². The second-order valence-electron chi connectivity index (χ2n) is 5.85. The van der Waals surface area contributed by atoms with Gasteiger partial charge in [0.1, 0.15) is 10.8 Å². The van der Waals surface area contributed by atoms with Crippen molar-refractivity contribution in [3.8, 4) is 5.75 Å². The van der Waals surface area contributed by atoms with Crippen LogP contribution in [0.5, 0.6) is 5.75 Å².